The quantitative estimate of drug-likeness (QED) is 0.292. The minimum Gasteiger partial charge on any atom is -0.493 e. The minimum absolute atomic E-state index is 0.0808. The highest BCUT2D eigenvalue weighted by molar-refractivity contribution is 6.14. The van der Waals surface area contributed by atoms with Gasteiger partial charge < -0.3 is 9.47 Å². The molecule has 0 heterocycles. The fourth-order valence-corrected chi connectivity index (χ4v) is 2.48. The van der Waals surface area contributed by atoms with Gasteiger partial charge in [0.05, 0.1) is 13.7 Å². The molecule has 0 atom stereocenters. The van der Waals surface area contributed by atoms with Gasteiger partial charge in [0.1, 0.15) is 11.6 Å². The third-order valence-corrected chi connectivity index (χ3v) is 3.90. The number of unbranched alkanes of at least 4 members (excludes halogenated alkanes) is 1. The molecule has 2 aromatic carbocycles. The Bertz CT molecular complexity index is 847. The summed E-state index contributed by atoms with van der Waals surface area (Å²) < 4.78 is 11.1. The molecule has 0 N–H and O–H groups in total. The third-order valence-electron chi connectivity index (χ3n) is 3.90. The number of hydrogen-bond donors (Lipinski definition) is 0. The van der Waals surface area contributed by atoms with Gasteiger partial charge >= 0.3 is 0 Å². The van der Waals surface area contributed by atoms with E-state index >= 15 is 0 Å². The number of aryl methyl sites for hydroxylation is 1. The lowest BCUT2D eigenvalue weighted by atomic mass is 10.0. The molecule has 0 saturated carbocycles. The van der Waals surface area contributed by atoms with Gasteiger partial charge in [-0.25, -0.2) is 0 Å². The molecular weight excluding hydrogens is 326 g/mol. The number of carbonyl (C=O) groups excluding carboxylic acids is 1. The van der Waals surface area contributed by atoms with Crippen LogP contribution < -0.4 is 9.47 Å². The maximum absolute atomic E-state index is 12.6. The van der Waals surface area contributed by atoms with Crippen molar-refractivity contribution in [3.05, 3.63) is 64.7 Å². The number of ether oxygens (including phenoxy) is 2. The first-order chi connectivity index (χ1) is 12.6. The topological polar surface area (TPSA) is 59.3 Å². The summed E-state index contributed by atoms with van der Waals surface area (Å²) in [4.78, 5) is 12.6. The molecule has 0 aliphatic carbocycles. The largest absolute Gasteiger partial charge is 0.493 e. The Labute approximate surface area is 154 Å². The number of allylic oxidation sites excluding steroid dienone is 1. The Kier molecular flexibility index (Phi) is 6.99. The van der Waals surface area contributed by atoms with Crippen LogP contribution in [-0.2, 0) is 0 Å². The summed E-state index contributed by atoms with van der Waals surface area (Å²) in [6, 6.07) is 14.6. The lowest BCUT2D eigenvalue weighted by molar-refractivity contribution is 0.104. The van der Waals surface area contributed by atoms with E-state index in [2.05, 4.69) is 6.92 Å². The van der Waals surface area contributed by atoms with Crippen molar-refractivity contribution in [1.29, 1.82) is 5.26 Å². The molecule has 2 aromatic rings. The molecule has 134 valence electrons. The molecule has 0 spiro atoms. The van der Waals surface area contributed by atoms with Gasteiger partial charge in [-0.1, -0.05) is 43.2 Å². The summed E-state index contributed by atoms with van der Waals surface area (Å²) in [5.74, 6) is 0.940. The van der Waals surface area contributed by atoms with Gasteiger partial charge in [0.15, 0.2) is 11.5 Å². The van der Waals surface area contributed by atoms with Crippen LogP contribution in [0.5, 0.6) is 11.5 Å². The molecule has 0 bridgehead atoms. The molecular formula is C22H23NO3. The van der Waals surface area contributed by atoms with E-state index in [9.17, 15) is 10.1 Å². The first kappa shape index (κ1) is 19.3. The summed E-state index contributed by atoms with van der Waals surface area (Å²) in [7, 11) is 1.57. The number of ketones is 1. The molecule has 0 radical (unpaired) electrons. The zero-order valence-electron chi connectivity index (χ0n) is 15.4. The SMILES string of the molecule is CCCCOc1ccc(/C=C(\C#N)C(=O)c2cccc(C)c2)cc1OC. The van der Waals surface area contributed by atoms with Crippen LogP contribution in [0.15, 0.2) is 48.0 Å². The molecule has 0 aliphatic heterocycles. The fraction of sp³-hybridized carbons (Fsp3) is 0.273. The minimum atomic E-state index is -0.293. The van der Waals surface area contributed by atoms with Crippen molar-refractivity contribution in [2.24, 2.45) is 0 Å². The molecule has 0 unspecified atom stereocenters. The fourth-order valence-electron chi connectivity index (χ4n) is 2.48. The molecule has 0 saturated heterocycles. The Hall–Kier alpha value is -3.06. The molecule has 0 amide bonds. The lowest BCUT2D eigenvalue weighted by Crippen LogP contribution is -2.02. The van der Waals surface area contributed by atoms with E-state index in [0.29, 0.717) is 29.2 Å². The molecule has 0 aromatic heterocycles. The smallest absolute Gasteiger partial charge is 0.203 e. The van der Waals surface area contributed by atoms with E-state index in [1.165, 1.54) is 0 Å². The van der Waals surface area contributed by atoms with Crippen LogP contribution in [0.25, 0.3) is 6.08 Å². The van der Waals surface area contributed by atoms with Crippen LogP contribution in [0, 0.1) is 18.3 Å². The highest BCUT2D eigenvalue weighted by Crippen LogP contribution is 2.29. The molecule has 0 fully saturated rings. The Balaban J connectivity index is 2.28. The van der Waals surface area contributed by atoms with Crippen molar-refractivity contribution in [2.75, 3.05) is 13.7 Å². The Morgan fingerprint density at radius 1 is 1.19 bits per heavy atom. The Morgan fingerprint density at radius 2 is 2.00 bits per heavy atom. The van der Waals surface area contributed by atoms with Crippen molar-refractivity contribution in [1.82, 2.24) is 0 Å². The van der Waals surface area contributed by atoms with Gasteiger partial charge in [-0.05, 0) is 43.2 Å². The number of Topliss-reactive ketones (excluding diaryl/α,β-unsaturated/α-hetero) is 1. The van der Waals surface area contributed by atoms with Gasteiger partial charge in [0.25, 0.3) is 0 Å². The monoisotopic (exact) mass is 349 g/mol. The average molecular weight is 349 g/mol. The van der Waals surface area contributed by atoms with E-state index in [4.69, 9.17) is 9.47 Å². The van der Waals surface area contributed by atoms with E-state index in [1.807, 2.05) is 31.2 Å². The summed E-state index contributed by atoms with van der Waals surface area (Å²) in [5.41, 5.74) is 2.27. The summed E-state index contributed by atoms with van der Waals surface area (Å²) in [5, 5.41) is 9.42. The van der Waals surface area contributed by atoms with Crippen molar-refractivity contribution in [2.45, 2.75) is 26.7 Å². The van der Waals surface area contributed by atoms with Crippen molar-refractivity contribution in [3.63, 3.8) is 0 Å². The highest BCUT2D eigenvalue weighted by Gasteiger charge is 2.13. The van der Waals surface area contributed by atoms with Crippen LogP contribution in [0.2, 0.25) is 0 Å². The number of hydrogen-bond acceptors (Lipinski definition) is 4. The second-order valence-electron chi connectivity index (χ2n) is 5.98. The number of rotatable bonds is 8. The number of benzene rings is 2. The molecule has 4 heteroatoms. The lowest BCUT2D eigenvalue weighted by Gasteiger charge is -2.11. The average Bonchev–Trinajstić information content (AvgIpc) is 2.66. The van der Waals surface area contributed by atoms with Crippen LogP contribution >= 0.6 is 0 Å². The van der Waals surface area contributed by atoms with Gasteiger partial charge in [0, 0.05) is 5.56 Å². The van der Waals surface area contributed by atoms with Crippen LogP contribution in [-0.4, -0.2) is 19.5 Å². The number of carbonyl (C=O) groups is 1. The first-order valence-electron chi connectivity index (χ1n) is 8.63. The second-order valence-corrected chi connectivity index (χ2v) is 5.98. The first-order valence-corrected chi connectivity index (χ1v) is 8.63. The van der Waals surface area contributed by atoms with Crippen molar-refractivity contribution >= 4 is 11.9 Å². The van der Waals surface area contributed by atoms with E-state index in [-0.39, 0.29) is 11.4 Å². The maximum Gasteiger partial charge on any atom is 0.203 e. The predicted molar refractivity (Wildman–Crippen MR) is 102 cm³/mol. The number of methoxy groups -OCH3 is 1. The van der Waals surface area contributed by atoms with Crippen molar-refractivity contribution in [3.8, 4) is 17.6 Å². The molecule has 4 nitrogen and oxygen atoms in total. The summed E-state index contributed by atoms with van der Waals surface area (Å²) >= 11 is 0. The third kappa shape index (κ3) is 4.97. The zero-order chi connectivity index (χ0) is 18.9. The van der Waals surface area contributed by atoms with E-state index in [0.717, 1.165) is 18.4 Å². The number of nitrogens with zero attached hydrogens (tertiary/aromatic N) is 1. The van der Waals surface area contributed by atoms with E-state index < -0.39 is 0 Å². The van der Waals surface area contributed by atoms with Crippen LogP contribution in [0.1, 0.15) is 41.3 Å². The standard InChI is InChI=1S/C22H23NO3/c1-4-5-11-26-20-10-9-17(14-21(20)25-3)13-19(15-23)22(24)18-8-6-7-16(2)12-18/h6-10,12-14H,4-5,11H2,1-3H3/b19-13+. The highest BCUT2D eigenvalue weighted by atomic mass is 16.5. The predicted octanol–water partition coefficient (Wildman–Crippen LogP) is 4.97. The zero-order valence-corrected chi connectivity index (χ0v) is 15.4. The van der Waals surface area contributed by atoms with Gasteiger partial charge in [-0.2, -0.15) is 5.26 Å². The van der Waals surface area contributed by atoms with E-state index in [1.54, 1.807) is 37.5 Å². The summed E-state index contributed by atoms with van der Waals surface area (Å²) in [6.07, 6.45) is 3.59. The number of nitriles is 1. The molecule has 2 rings (SSSR count). The van der Waals surface area contributed by atoms with Crippen molar-refractivity contribution < 1.29 is 14.3 Å². The van der Waals surface area contributed by atoms with Gasteiger partial charge in [-0.15, -0.1) is 0 Å². The summed E-state index contributed by atoms with van der Waals surface area (Å²) in [6.45, 7) is 4.63. The van der Waals surface area contributed by atoms with Gasteiger partial charge in [0.2, 0.25) is 5.78 Å². The Morgan fingerprint density at radius 3 is 2.65 bits per heavy atom. The maximum atomic E-state index is 12.6. The van der Waals surface area contributed by atoms with Crippen LogP contribution in [0.3, 0.4) is 0 Å². The molecule has 26 heavy (non-hydrogen) atoms. The normalized spacial score (nSPS) is 10.9. The second kappa shape index (κ2) is 9.43. The van der Waals surface area contributed by atoms with Crippen LogP contribution in [0.4, 0.5) is 0 Å². The molecule has 0 aliphatic rings. The van der Waals surface area contributed by atoms with Gasteiger partial charge in [-0.3, -0.25) is 4.79 Å².